The van der Waals surface area contributed by atoms with Crippen molar-refractivity contribution in [2.24, 2.45) is 0 Å². The van der Waals surface area contributed by atoms with Crippen molar-refractivity contribution in [1.29, 1.82) is 0 Å². The maximum Gasteiger partial charge on any atom is 0.251 e. The van der Waals surface area contributed by atoms with Crippen molar-refractivity contribution in [2.45, 2.75) is 25.7 Å². The van der Waals surface area contributed by atoms with Crippen LogP contribution in [0.1, 0.15) is 56.4 Å². The summed E-state index contributed by atoms with van der Waals surface area (Å²) in [5.74, 6) is -0.0139. The van der Waals surface area contributed by atoms with E-state index < -0.39 is 0 Å². The van der Waals surface area contributed by atoms with Gasteiger partial charge in [-0.1, -0.05) is 43.0 Å². The standard InChI is InChI=1S/C37H39N3O3/c1-26-9-5-6-12-34(26)40-20-18-30(19-21-40)32-17-16-31(23-33(32)27(2)36(41)35-13-8-22-43-35)37(42)38-24-28-10-7-11-29(15-14-28)25-39(3)4/h5-13,15-17,22-23,30H,2,18-21,24-25H2,1,3-4H3,(H,38,42). The number of nitrogens with zero attached hydrogens (tertiary/aromatic N) is 2. The summed E-state index contributed by atoms with van der Waals surface area (Å²) < 4.78 is 5.40. The predicted octanol–water partition coefficient (Wildman–Crippen LogP) is 6.74. The third-order valence-electron chi connectivity index (χ3n) is 8.04. The molecule has 2 aliphatic rings. The van der Waals surface area contributed by atoms with E-state index in [1.54, 1.807) is 12.1 Å². The normalized spacial score (nSPS) is 15.2. The van der Waals surface area contributed by atoms with Crippen LogP contribution >= 0.6 is 0 Å². The van der Waals surface area contributed by atoms with Crippen molar-refractivity contribution < 1.29 is 14.0 Å². The molecule has 2 aromatic carbocycles. The minimum absolute atomic E-state index is 0.214. The van der Waals surface area contributed by atoms with Crippen LogP contribution in [0.5, 0.6) is 0 Å². The number of para-hydroxylation sites is 1. The fourth-order valence-electron chi connectivity index (χ4n) is 5.76. The summed E-state index contributed by atoms with van der Waals surface area (Å²) in [5, 5.41) is 3.02. The Kier molecular flexibility index (Phi) is 9.41. The minimum atomic E-state index is -0.277. The Morgan fingerprint density at radius 1 is 1.09 bits per heavy atom. The highest BCUT2D eigenvalue weighted by molar-refractivity contribution is 6.27. The zero-order valence-corrected chi connectivity index (χ0v) is 25.2. The molecule has 220 valence electrons. The van der Waals surface area contributed by atoms with Gasteiger partial charge in [-0.2, -0.15) is 0 Å². The second-order valence-electron chi connectivity index (χ2n) is 11.5. The molecular weight excluding hydrogens is 534 g/mol. The summed E-state index contributed by atoms with van der Waals surface area (Å²) in [6.07, 6.45) is 11.3. The Bertz CT molecular complexity index is 1630. The Morgan fingerprint density at radius 3 is 2.60 bits per heavy atom. The van der Waals surface area contributed by atoms with Gasteiger partial charge in [-0.15, -0.1) is 5.73 Å². The molecule has 3 aromatic rings. The van der Waals surface area contributed by atoms with E-state index in [-0.39, 0.29) is 23.4 Å². The highest BCUT2D eigenvalue weighted by Crippen LogP contribution is 2.36. The molecule has 6 heteroatoms. The third kappa shape index (κ3) is 7.23. The average Bonchev–Trinajstić information content (AvgIpc) is 3.47. The van der Waals surface area contributed by atoms with Gasteiger partial charge in [0.15, 0.2) is 5.76 Å². The number of rotatable bonds is 10. The number of aryl methyl sites for hydroxylation is 1. The van der Waals surface area contributed by atoms with Crippen LogP contribution < -0.4 is 10.2 Å². The molecule has 0 saturated carbocycles. The smallest absolute Gasteiger partial charge is 0.251 e. The summed E-state index contributed by atoms with van der Waals surface area (Å²) in [6, 6.07) is 17.5. The molecule has 1 fully saturated rings. The molecule has 0 unspecified atom stereocenters. The number of likely N-dealkylation sites (N-methyl/N-ethyl adjacent to an activating group) is 1. The number of benzene rings is 2. The molecule has 1 aromatic heterocycles. The lowest BCUT2D eigenvalue weighted by Gasteiger charge is -2.35. The zero-order valence-electron chi connectivity index (χ0n) is 25.2. The monoisotopic (exact) mass is 573 g/mol. The molecule has 43 heavy (non-hydrogen) atoms. The highest BCUT2D eigenvalue weighted by atomic mass is 16.3. The molecule has 1 saturated heterocycles. The maximum absolute atomic E-state index is 13.3. The molecule has 0 radical (unpaired) electrons. The molecule has 5 rings (SSSR count). The minimum Gasteiger partial charge on any atom is -0.461 e. The second kappa shape index (κ2) is 13.6. The molecule has 6 nitrogen and oxygen atoms in total. The largest absolute Gasteiger partial charge is 0.461 e. The Labute approximate surface area is 254 Å². The number of Topliss-reactive ketones (excluding diaryl/α,β-unsaturated/α-hetero) is 1. The van der Waals surface area contributed by atoms with Crippen molar-refractivity contribution >= 4 is 23.0 Å². The number of hydrogen-bond donors (Lipinski definition) is 1. The van der Waals surface area contributed by atoms with Gasteiger partial charge in [0.25, 0.3) is 5.91 Å². The summed E-state index contributed by atoms with van der Waals surface area (Å²) in [5.41, 5.74) is 10.4. The predicted molar refractivity (Wildman–Crippen MR) is 174 cm³/mol. The van der Waals surface area contributed by atoms with Gasteiger partial charge in [-0.25, -0.2) is 0 Å². The summed E-state index contributed by atoms with van der Waals surface area (Å²) in [4.78, 5) is 31.2. The number of furan rings is 1. The number of nitrogens with one attached hydrogen (secondary N) is 1. The summed E-state index contributed by atoms with van der Waals surface area (Å²) in [6.45, 7) is 9.31. The van der Waals surface area contributed by atoms with E-state index in [2.05, 4.69) is 64.7 Å². The van der Waals surface area contributed by atoms with E-state index >= 15 is 0 Å². The Hall–Kier alpha value is -4.64. The molecule has 0 spiro atoms. The molecule has 1 amide bonds. The number of carbonyl (C=O) groups excluding carboxylic acids is 2. The van der Waals surface area contributed by atoms with Crippen LogP contribution in [-0.2, 0) is 0 Å². The van der Waals surface area contributed by atoms with Crippen molar-refractivity contribution in [1.82, 2.24) is 10.2 Å². The van der Waals surface area contributed by atoms with E-state index in [1.165, 1.54) is 17.5 Å². The van der Waals surface area contributed by atoms with Gasteiger partial charge in [-0.05, 0) is 105 Å². The van der Waals surface area contributed by atoms with Crippen LogP contribution in [0.25, 0.3) is 5.57 Å². The third-order valence-corrected chi connectivity index (χ3v) is 8.04. The highest BCUT2D eigenvalue weighted by Gasteiger charge is 2.27. The number of anilines is 1. The van der Waals surface area contributed by atoms with Gasteiger partial charge in [-0.3, -0.25) is 9.59 Å². The second-order valence-corrected chi connectivity index (χ2v) is 11.5. The van der Waals surface area contributed by atoms with Gasteiger partial charge in [0.05, 0.1) is 12.8 Å². The zero-order chi connectivity index (χ0) is 30.3. The molecule has 1 N–H and O–H groups in total. The van der Waals surface area contributed by atoms with Gasteiger partial charge >= 0.3 is 0 Å². The molecule has 2 heterocycles. The number of piperidine rings is 1. The van der Waals surface area contributed by atoms with E-state index in [9.17, 15) is 9.59 Å². The van der Waals surface area contributed by atoms with Crippen molar-refractivity contribution in [3.8, 4) is 0 Å². The van der Waals surface area contributed by atoms with Gasteiger partial charge < -0.3 is 19.5 Å². The fourth-order valence-corrected chi connectivity index (χ4v) is 5.76. The summed E-state index contributed by atoms with van der Waals surface area (Å²) >= 11 is 0. The van der Waals surface area contributed by atoms with E-state index in [1.807, 2.05) is 50.5 Å². The quantitative estimate of drug-likeness (QED) is 0.165. The van der Waals surface area contributed by atoms with Crippen LogP contribution in [0.2, 0.25) is 0 Å². The van der Waals surface area contributed by atoms with E-state index in [0.29, 0.717) is 23.2 Å². The molecular formula is C37H39N3O3. The Morgan fingerprint density at radius 2 is 1.88 bits per heavy atom. The van der Waals surface area contributed by atoms with Crippen molar-refractivity contribution in [3.05, 3.63) is 137 Å². The number of carbonyl (C=O) groups is 2. The van der Waals surface area contributed by atoms with Crippen molar-refractivity contribution in [3.63, 3.8) is 0 Å². The first-order chi connectivity index (χ1) is 20.8. The number of allylic oxidation sites excluding steroid dienone is 3. The van der Waals surface area contributed by atoms with E-state index in [4.69, 9.17) is 4.42 Å². The maximum atomic E-state index is 13.3. The van der Waals surface area contributed by atoms with Crippen LogP contribution in [0, 0.1) is 6.92 Å². The number of hydrogen-bond acceptors (Lipinski definition) is 5. The number of ketones is 1. The van der Waals surface area contributed by atoms with Crippen LogP contribution in [0.15, 0.2) is 113 Å². The van der Waals surface area contributed by atoms with Crippen molar-refractivity contribution in [2.75, 3.05) is 45.2 Å². The SMILES string of the molecule is C=C(C(=O)c1ccco1)c1cc(C(=O)NCC2=C=CC(CN(C)C)=CC=C2)ccc1C1CCN(c2ccccc2C)CC1. The number of amides is 1. The lowest BCUT2D eigenvalue weighted by atomic mass is 9.82. The van der Waals surface area contributed by atoms with Crippen LogP contribution in [0.3, 0.4) is 0 Å². The average molecular weight is 574 g/mol. The van der Waals surface area contributed by atoms with Crippen LogP contribution in [-0.4, -0.2) is 56.9 Å². The topological polar surface area (TPSA) is 65.8 Å². The fraction of sp³-hybridized carbons (Fsp3) is 0.270. The first kappa shape index (κ1) is 29.8. The molecule has 0 bridgehead atoms. The lowest BCUT2D eigenvalue weighted by molar-refractivity contribution is 0.0956. The van der Waals surface area contributed by atoms with Gasteiger partial charge in [0.2, 0.25) is 5.78 Å². The van der Waals surface area contributed by atoms with E-state index in [0.717, 1.165) is 49.2 Å². The molecule has 0 atom stereocenters. The lowest BCUT2D eigenvalue weighted by Crippen LogP contribution is -2.33. The molecule has 1 aliphatic carbocycles. The first-order valence-corrected chi connectivity index (χ1v) is 14.8. The van der Waals surface area contributed by atoms with Gasteiger partial charge in [0.1, 0.15) is 0 Å². The summed E-state index contributed by atoms with van der Waals surface area (Å²) in [7, 11) is 4.05. The molecule has 1 aliphatic heterocycles. The van der Waals surface area contributed by atoms with Crippen LogP contribution in [0.4, 0.5) is 5.69 Å². The Balaban J connectivity index is 1.35. The van der Waals surface area contributed by atoms with Gasteiger partial charge in [0, 0.05) is 42.0 Å². The first-order valence-electron chi connectivity index (χ1n) is 14.8.